The number of rotatable bonds is 4. The SMILES string of the molecule is CC(C)CCB1O[C@@H]2CCCC(C(C)C)[C@]2(C)O1. The second-order valence-corrected chi connectivity index (χ2v) is 7.11. The van der Waals surface area contributed by atoms with Crippen LogP contribution < -0.4 is 0 Å². The zero-order chi connectivity index (χ0) is 13.3. The summed E-state index contributed by atoms with van der Waals surface area (Å²) in [6, 6.07) is 0. The van der Waals surface area contributed by atoms with Gasteiger partial charge < -0.3 is 9.31 Å². The molecule has 0 aromatic rings. The molecule has 18 heavy (non-hydrogen) atoms. The summed E-state index contributed by atoms with van der Waals surface area (Å²) in [5, 5.41) is 0. The van der Waals surface area contributed by atoms with Gasteiger partial charge >= 0.3 is 7.12 Å². The molecule has 1 saturated carbocycles. The molecule has 2 aliphatic rings. The van der Waals surface area contributed by atoms with Crippen molar-refractivity contribution in [3.63, 3.8) is 0 Å². The molecule has 1 saturated heterocycles. The monoisotopic (exact) mass is 252 g/mol. The summed E-state index contributed by atoms with van der Waals surface area (Å²) in [4.78, 5) is 0. The highest BCUT2D eigenvalue weighted by Crippen LogP contribution is 2.46. The van der Waals surface area contributed by atoms with Crippen LogP contribution in [-0.2, 0) is 9.31 Å². The van der Waals surface area contributed by atoms with Crippen LogP contribution in [0.15, 0.2) is 0 Å². The Kier molecular flexibility index (Phi) is 4.43. The molecular weight excluding hydrogens is 223 g/mol. The van der Waals surface area contributed by atoms with Crippen molar-refractivity contribution in [3.8, 4) is 0 Å². The molecule has 0 aromatic heterocycles. The molecule has 0 radical (unpaired) electrons. The minimum Gasteiger partial charge on any atom is -0.405 e. The summed E-state index contributed by atoms with van der Waals surface area (Å²) in [5.74, 6) is 2.07. The lowest BCUT2D eigenvalue weighted by Crippen LogP contribution is -2.49. The van der Waals surface area contributed by atoms with Gasteiger partial charge in [0, 0.05) is 0 Å². The molecule has 0 amide bonds. The largest absolute Gasteiger partial charge is 0.457 e. The van der Waals surface area contributed by atoms with Crippen molar-refractivity contribution in [2.24, 2.45) is 17.8 Å². The van der Waals surface area contributed by atoms with Gasteiger partial charge in [0.2, 0.25) is 0 Å². The highest BCUT2D eigenvalue weighted by molar-refractivity contribution is 6.45. The average Bonchev–Trinajstić information content (AvgIpc) is 2.61. The zero-order valence-corrected chi connectivity index (χ0v) is 12.7. The lowest BCUT2D eigenvalue weighted by molar-refractivity contribution is -0.0509. The van der Waals surface area contributed by atoms with Crippen LogP contribution >= 0.6 is 0 Å². The lowest BCUT2D eigenvalue weighted by atomic mass is 9.69. The van der Waals surface area contributed by atoms with E-state index in [1.807, 2.05) is 0 Å². The Morgan fingerprint density at radius 2 is 1.94 bits per heavy atom. The molecular formula is C15H29BO2. The first-order valence-corrected chi connectivity index (χ1v) is 7.76. The highest BCUT2D eigenvalue weighted by Gasteiger charge is 2.54. The lowest BCUT2D eigenvalue weighted by Gasteiger charge is -2.44. The third-order valence-electron chi connectivity index (χ3n) is 4.84. The summed E-state index contributed by atoms with van der Waals surface area (Å²) < 4.78 is 12.5. The van der Waals surface area contributed by atoms with Crippen molar-refractivity contribution in [2.75, 3.05) is 0 Å². The summed E-state index contributed by atoms with van der Waals surface area (Å²) in [6.45, 7) is 11.5. The van der Waals surface area contributed by atoms with Crippen molar-refractivity contribution in [1.82, 2.24) is 0 Å². The molecule has 1 aliphatic heterocycles. The van der Waals surface area contributed by atoms with Crippen molar-refractivity contribution in [1.29, 1.82) is 0 Å². The zero-order valence-electron chi connectivity index (χ0n) is 12.7. The molecule has 3 atom stereocenters. The first-order valence-electron chi connectivity index (χ1n) is 7.76. The predicted molar refractivity (Wildman–Crippen MR) is 76.6 cm³/mol. The van der Waals surface area contributed by atoms with Gasteiger partial charge in [0.15, 0.2) is 0 Å². The molecule has 2 fully saturated rings. The van der Waals surface area contributed by atoms with Gasteiger partial charge in [0.1, 0.15) is 0 Å². The summed E-state index contributed by atoms with van der Waals surface area (Å²) in [5.41, 5.74) is -0.0337. The van der Waals surface area contributed by atoms with E-state index in [0.717, 1.165) is 12.2 Å². The maximum absolute atomic E-state index is 6.35. The molecule has 0 aromatic carbocycles. The van der Waals surface area contributed by atoms with Gasteiger partial charge in [-0.15, -0.1) is 0 Å². The van der Waals surface area contributed by atoms with E-state index in [2.05, 4.69) is 34.6 Å². The molecule has 104 valence electrons. The summed E-state index contributed by atoms with van der Waals surface area (Å²) in [7, 11) is 0.0433. The fourth-order valence-electron chi connectivity index (χ4n) is 3.79. The van der Waals surface area contributed by atoms with Gasteiger partial charge in [-0.2, -0.15) is 0 Å². The summed E-state index contributed by atoms with van der Waals surface area (Å²) >= 11 is 0. The Bertz CT molecular complexity index is 280. The van der Waals surface area contributed by atoms with Crippen molar-refractivity contribution >= 4 is 7.12 Å². The first-order chi connectivity index (χ1) is 8.43. The smallest absolute Gasteiger partial charge is 0.405 e. The van der Waals surface area contributed by atoms with Crippen LogP contribution in [0.25, 0.3) is 0 Å². The minimum absolute atomic E-state index is 0.0337. The maximum Gasteiger partial charge on any atom is 0.457 e. The normalized spacial score (nSPS) is 36.5. The third kappa shape index (κ3) is 2.77. The second kappa shape index (κ2) is 5.54. The third-order valence-corrected chi connectivity index (χ3v) is 4.84. The molecule has 3 heteroatoms. The topological polar surface area (TPSA) is 18.5 Å². The number of hydrogen-bond donors (Lipinski definition) is 0. The van der Waals surface area contributed by atoms with Gasteiger partial charge in [0.25, 0.3) is 0 Å². The van der Waals surface area contributed by atoms with Gasteiger partial charge in [-0.3, -0.25) is 0 Å². The predicted octanol–water partition coefficient (Wildman–Crippen LogP) is 4.15. The Labute approximate surface area is 113 Å². The summed E-state index contributed by atoms with van der Waals surface area (Å²) in [6.07, 6.45) is 6.34. The Hall–Kier alpha value is -0.0151. The van der Waals surface area contributed by atoms with E-state index in [-0.39, 0.29) is 12.7 Å². The molecule has 0 N–H and O–H groups in total. The Morgan fingerprint density at radius 3 is 2.56 bits per heavy atom. The molecule has 0 spiro atoms. The van der Waals surface area contributed by atoms with Gasteiger partial charge in [-0.1, -0.05) is 40.5 Å². The first kappa shape index (κ1) is 14.4. The molecule has 2 nitrogen and oxygen atoms in total. The average molecular weight is 252 g/mol. The van der Waals surface area contributed by atoms with Crippen molar-refractivity contribution < 1.29 is 9.31 Å². The van der Waals surface area contributed by atoms with Crippen LogP contribution in [0.1, 0.15) is 60.3 Å². The second-order valence-electron chi connectivity index (χ2n) is 7.11. The molecule has 1 aliphatic carbocycles. The molecule has 2 rings (SSSR count). The Morgan fingerprint density at radius 1 is 1.22 bits per heavy atom. The van der Waals surface area contributed by atoms with Crippen molar-refractivity contribution in [3.05, 3.63) is 0 Å². The standard InChI is InChI=1S/C15H29BO2/c1-11(2)9-10-16-17-14-8-6-7-13(12(3)4)15(14,5)18-16/h11-14H,6-10H2,1-5H3/t13?,14-,15+/m1/s1. The van der Waals surface area contributed by atoms with Crippen LogP contribution in [0.3, 0.4) is 0 Å². The van der Waals surface area contributed by atoms with E-state index in [1.165, 1.54) is 25.7 Å². The van der Waals surface area contributed by atoms with E-state index in [9.17, 15) is 0 Å². The molecule has 1 unspecified atom stereocenters. The van der Waals surface area contributed by atoms with Crippen LogP contribution in [0.4, 0.5) is 0 Å². The van der Waals surface area contributed by atoms with Crippen LogP contribution in [0.2, 0.25) is 6.32 Å². The highest BCUT2D eigenvalue weighted by atomic mass is 16.7. The van der Waals surface area contributed by atoms with Gasteiger partial charge in [0.05, 0.1) is 11.7 Å². The fourth-order valence-corrected chi connectivity index (χ4v) is 3.79. The fraction of sp³-hybridized carbons (Fsp3) is 1.00. The number of hydrogen-bond acceptors (Lipinski definition) is 2. The van der Waals surface area contributed by atoms with Gasteiger partial charge in [-0.25, -0.2) is 0 Å². The van der Waals surface area contributed by atoms with E-state index in [1.54, 1.807) is 0 Å². The van der Waals surface area contributed by atoms with E-state index in [4.69, 9.17) is 9.31 Å². The van der Waals surface area contributed by atoms with Crippen molar-refractivity contribution in [2.45, 2.75) is 78.3 Å². The number of fused-ring (bicyclic) bond motifs is 1. The van der Waals surface area contributed by atoms with Crippen LogP contribution in [-0.4, -0.2) is 18.8 Å². The van der Waals surface area contributed by atoms with E-state index >= 15 is 0 Å². The van der Waals surface area contributed by atoms with E-state index < -0.39 is 0 Å². The minimum atomic E-state index is -0.0337. The maximum atomic E-state index is 6.35. The quantitative estimate of drug-likeness (QED) is 0.700. The molecule has 0 bridgehead atoms. The van der Waals surface area contributed by atoms with Crippen LogP contribution in [0, 0.1) is 17.8 Å². The van der Waals surface area contributed by atoms with E-state index in [0.29, 0.717) is 17.9 Å². The Balaban J connectivity index is 2.01. The molecule has 1 heterocycles. The van der Waals surface area contributed by atoms with Gasteiger partial charge in [-0.05, 0) is 43.8 Å². The van der Waals surface area contributed by atoms with Crippen LogP contribution in [0.5, 0.6) is 0 Å².